The summed E-state index contributed by atoms with van der Waals surface area (Å²) in [6.45, 7) is 1.37. The fourth-order valence-electron chi connectivity index (χ4n) is 2.56. The number of nitrogens with zero attached hydrogens (tertiary/aromatic N) is 3. The fourth-order valence-corrected chi connectivity index (χ4v) is 3.31. The molecule has 8 heteroatoms. The number of aliphatic imine (C=N–C) groups is 1. The van der Waals surface area contributed by atoms with E-state index in [9.17, 15) is 0 Å². The van der Waals surface area contributed by atoms with Gasteiger partial charge < -0.3 is 20.3 Å². The summed E-state index contributed by atoms with van der Waals surface area (Å²) < 4.78 is 5.93. The zero-order chi connectivity index (χ0) is 16.9. The molecule has 0 radical (unpaired) electrons. The molecule has 25 heavy (non-hydrogen) atoms. The van der Waals surface area contributed by atoms with Gasteiger partial charge in [0.25, 0.3) is 0 Å². The van der Waals surface area contributed by atoms with Crippen LogP contribution in [0.2, 0.25) is 0 Å². The first-order chi connectivity index (χ1) is 11.7. The van der Waals surface area contributed by atoms with Gasteiger partial charge in [-0.3, -0.25) is 4.99 Å². The van der Waals surface area contributed by atoms with Gasteiger partial charge in [0.15, 0.2) is 11.1 Å². The van der Waals surface area contributed by atoms with Crippen LogP contribution in [0.4, 0.5) is 5.13 Å². The molecule has 3 rings (SSSR count). The molecule has 2 aromatic rings. The highest BCUT2D eigenvalue weighted by atomic mass is 127. The predicted molar refractivity (Wildman–Crippen MR) is 115 cm³/mol. The molecule has 1 atom stereocenters. The first kappa shape index (κ1) is 19.8. The molecular weight excluding hydrogens is 449 g/mol. The maximum absolute atomic E-state index is 5.93. The van der Waals surface area contributed by atoms with E-state index in [-0.39, 0.29) is 30.1 Å². The number of fused-ring (bicyclic) bond motifs is 1. The van der Waals surface area contributed by atoms with E-state index in [1.54, 1.807) is 18.4 Å². The van der Waals surface area contributed by atoms with Gasteiger partial charge in [-0.1, -0.05) is 18.2 Å². The summed E-state index contributed by atoms with van der Waals surface area (Å²) in [6.07, 6.45) is 1.07. The summed E-state index contributed by atoms with van der Waals surface area (Å²) in [4.78, 5) is 10.8. The average Bonchev–Trinajstić information content (AvgIpc) is 3.21. The zero-order valence-electron chi connectivity index (χ0n) is 14.7. The van der Waals surface area contributed by atoms with E-state index in [1.165, 1.54) is 5.56 Å². The second-order valence-electron chi connectivity index (χ2n) is 5.87. The highest BCUT2D eigenvalue weighted by Crippen LogP contribution is 2.27. The van der Waals surface area contributed by atoms with Gasteiger partial charge in [-0.25, -0.2) is 4.98 Å². The number of halogens is 1. The number of benzene rings is 1. The Labute approximate surface area is 169 Å². The van der Waals surface area contributed by atoms with Crippen LogP contribution in [0.1, 0.15) is 11.3 Å². The number of ether oxygens (including phenoxy) is 1. The van der Waals surface area contributed by atoms with Crippen LogP contribution in [0.5, 0.6) is 5.75 Å². The van der Waals surface area contributed by atoms with Crippen LogP contribution in [-0.2, 0) is 13.0 Å². The molecule has 6 nitrogen and oxygen atoms in total. The summed E-state index contributed by atoms with van der Waals surface area (Å²) in [5.41, 5.74) is 2.28. The lowest BCUT2D eigenvalue weighted by atomic mass is 10.1. The summed E-state index contributed by atoms with van der Waals surface area (Å²) in [5.74, 6) is 1.75. The molecule has 1 aromatic heterocycles. The van der Waals surface area contributed by atoms with Crippen LogP contribution in [0.3, 0.4) is 0 Å². The van der Waals surface area contributed by atoms with Crippen molar-refractivity contribution in [2.45, 2.75) is 19.1 Å². The smallest absolute Gasteiger partial charge is 0.191 e. The zero-order valence-corrected chi connectivity index (χ0v) is 17.8. The van der Waals surface area contributed by atoms with E-state index >= 15 is 0 Å². The third-order valence-electron chi connectivity index (χ3n) is 3.79. The van der Waals surface area contributed by atoms with E-state index < -0.39 is 0 Å². The number of guanidine groups is 1. The van der Waals surface area contributed by atoms with Gasteiger partial charge in [-0.05, 0) is 11.6 Å². The molecule has 1 unspecified atom stereocenters. The average molecular weight is 473 g/mol. The minimum absolute atomic E-state index is 0. The van der Waals surface area contributed by atoms with Crippen LogP contribution >= 0.6 is 35.3 Å². The molecule has 136 valence electrons. The highest BCUT2D eigenvalue weighted by molar-refractivity contribution is 14.0. The molecular formula is C17H24IN5OS. The Balaban J connectivity index is 0.00000225. The molecule has 0 saturated carbocycles. The van der Waals surface area contributed by atoms with Gasteiger partial charge in [-0.15, -0.1) is 35.3 Å². The van der Waals surface area contributed by atoms with Crippen molar-refractivity contribution in [3.8, 4) is 5.75 Å². The standard InChI is InChI=1S/C17H23N5OS.HI/c1-18-16(19-9-13-11-24-17(21-13)22(2)3)20-10-14-8-12-6-4-5-7-15(12)23-14;/h4-7,11,14H,8-10H2,1-3H3,(H2,18,19,20);1H. The van der Waals surface area contributed by atoms with Gasteiger partial charge >= 0.3 is 0 Å². The van der Waals surface area contributed by atoms with Crippen molar-refractivity contribution in [3.63, 3.8) is 0 Å². The minimum Gasteiger partial charge on any atom is -0.488 e. The van der Waals surface area contributed by atoms with E-state index in [1.807, 2.05) is 37.2 Å². The predicted octanol–water partition coefficient (Wildman–Crippen LogP) is 2.50. The number of anilines is 1. The topological polar surface area (TPSA) is 61.8 Å². The Bertz CT molecular complexity index is 694. The molecule has 0 spiro atoms. The Morgan fingerprint density at radius 1 is 1.36 bits per heavy atom. The molecule has 1 aliphatic heterocycles. The van der Waals surface area contributed by atoms with Crippen molar-refractivity contribution in [3.05, 3.63) is 40.9 Å². The number of para-hydroxylation sites is 1. The number of rotatable bonds is 5. The van der Waals surface area contributed by atoms with E-state index in [0.29, 0.717) is 13.1 Å². The van der Waals surface area contributed by atoms with Crippen LogP contribution in [0.15, 0.2) is 34.6 Å². The normalized spacial score (nSPS) is 15.8. The van der Waals surface area contributed by atoms with Gasteiger partial charge in [-0.2, -0.15) is 0 Å². The molecule has 0 bridgehead atoms. The van der Waals surface area contributed by atoms with Crippen molar-refractivity contribution in [1.82, 2.24) is 15.6 Å². The third-order valence-corrected chi connectivity index (χ3v) is 4.85. The van der Waals surface area contributed by atoms with Gasteiger partial charge in [0.1, 0.15) is 11.9 Å². The molecule has 0 amide bonds. The first-order valence-corrected chi connectivity index (χ1v) is 8.84. The largest absolute Gasteiger partial charge is 0.488 e. The van der Waals surface area contributed by atoms with Crippen molar-refractivity contribution in [2.75, 3.05) is 32.6 Å². The van der Waals surface area contributed by atoms with E-state index in [0.717, 1.165) is 29.0 Å². The Morgan fingerprint density at radius 2 is 2.16 bits per heavy atom. The van der Waals surface area contributed by atoms with Crippen LogP contribution in [0.25, 0.3) is 0 Å². The maximum atomic E-state index is 5.93. The Hall–Kier alpha value is -1.55. The van der Waals surface area contributed by atoms with Crippen molar-refractivity contribution in [2.24, 2.45) is 4.99 Å². The lowest BCUT2D eigenvalue weighted by Gasteiger charge is -2.15. The van der Waals surface area contributed by atoms with Gasteiger partial charge in [0.2, 0.25) is 0 Å². The Kier molecular flexibility index (Phi) is 7.30. The quantitative estimate of drug-likeness (QED) is 0.397. The van der Waals surface area contributed by atoms with Crippen molar-refractivity contribution >= 4 is 46.4 Å². The summed E-state index contributed by atoms with van der Waals surface area (Å²) in [6, 6.07) is 8.19. The highest BCUT2D eigenvalue weighted by Gasteiger charge is 2.22. The minimum atomic E-state index is 0. The SMILES string of the molecule is CN=C(NCc1csc(N(C)C)n1)NCC1Cc2ccccc2O1.I. The van der Waals surface area contributed by atoms with Crippen LogP contribution in [0, 0.1) is 0 Å². The molecule has 1 aromatic carbocycles. The monoisotopic (exact) mass is 473 g/mol. The van der Waals surface area contributed by atoms with Crippen molar-refractivity contribution in [1.29, 1.82) is 0 Å². The summed E-state index contributed by atoms with van der Waals surface area (Å²) >= 11 is 1.64. The second kappa shape index (κ2) is 9.23. The number of aromatic nitrogens is 1. The number of thiazole rings is 1. The van der Waals surface area contributed by atoms with Crippen LogP contribution in [-0.4, -0.2) is 44.7 Å². The number of nitrogens with one attached hydrogen (secondary N) is 2. The second-order valence-corrected chi connectivity index (χ2v) is 6.71. The fraction of sp³-hybridized carbons (Fsp3) is 0.412. The first-order valence-electron chi connectivity index (χ1n) is 7.96. The number of hydrogen-bond donors (Lipinski definition) is 2. The third kappa shape index (κ3) is 5.21. The van der Waals surface area contributed by atoms with Gasteiger partial charge in [0, 0.05) is 32.9 Å². The molecule has 2 heterocycles. The lowest BCUT2D eigenvalue weighted by Crippen LogP contribution is -2.42. The van der Waals surface area contributed by atoms with E-state index in [4.69, 9.17) is 4.74 Å². The summed E-state index contributed by atoms with van der Waals surface area (Å²) in [7, 11) is 5.76. The lowest BCUT2D eigenvalue weighted by molar-refractivity contribution is 0.235. The molecule has 0 fully saturated rings. The maximum Gasteiger partial charge on any atom is 0.191 e. The molecule has 2 N–H and O–H groups in total. The van der Waals surface area contributed by atoms with E-state index in [2.05, 4.69) is 32.1 Å². The molecule has 0 aliphatic carbocycles. The molecule has 0 saturated heterocycles. The summed E-state index contributed by atoms with van der Waals surface area (Å²) in [5, 5.41) is 9.69. The Morgan fingerprint density at radius 3 is 2.84 bits per heavy atom. The number of hydrogen-bond acceptors (Lipinski definition) is 5. The van der Waals surface area contributed by atoms with Crippen molar-refractivity contribution < 1.29 is 4.74 Å². The molecule has 1 aliphatic rings. The van der Waals surface area contributed by atoms with Crippen LogP contribution < -0.4 is 20.3 Å². The van der Waals surface area contributed by atoms with Gasteiger partial charge in [0.05, 0.1) is 18.8 Å².